The summed E-state index contributed by atoms with van der Waals surface area (Å²) in [6.45, 7) is 0. The van der Waals surface area contributed by atoms with Crippen LogP contribution in [0, 0.1) is 11.3 Å². The van der Waals surface area contributed by atoms with Gasteiger partial charge < -0.3 is 15.5 Å². The van der Waals surface area contributed by atoms with Crippen LogP contribution in [0.25, 0.3) is 0 Å². The number of anilines is 1. The van der Waals surface area contributed by atoms with E-state index in [1.54, 1.807) is 0 Å². The van der Waals surface area contributed by atoms with Gasteiger partial charge in [0.1, 0.15) is 5.75 Å². The number of carbonyl (C=O) groups excluding carboxylic acids is 1. The zero-order valence-electron chi connectivity index (χ0n) is 10.7. The van der Waals surface area contributed by atoms with Gasteiger partial charge in [0.25, 0.3) is 5.91 Å². The second-order valence-electron chi connectivity index (χ2n) is 4.18. The van der Waals surface area contributed by atoms with Crippen molar-refractivity contribution < 1.29 is 19.8 Å². The van der Waals surface area contributed by atoms with E-state index < -0.39 is 11.9 Å². The van der Waals surface area contributed by atoms with Gasteiger partial charge >= 0.3 is 5.97 Å². The number of rotatable bonds is 3. The second kappa shape index (κ2) is 5.75. The van der Waals surface area contributed by atoms with E-state index in [1.807, 2.05) is 6.07 Å². The molecule has 2 rings (SSSR count). The third kappa shape index (κ3) is 3.16. The van der Waals surface area contributed by atoms with Crippen molar-refractivity contribution in [3.05, 3.63) is 59.2 Å². The Kier molecular flexibility index (Phi) is 3.86. The Balaban J connectivity index is 2.33. The number of aromatic carboxylic acids is 1. The highest BCUT2D eigenvalue weighted by atomic mass is 16.4. The zero-order valence-corrected chi connectivity index (χ0v) is 10.7. The molecule has 0 atom stereocenters. The molecule has 0 aliphatic carbocycles. The van der Waals surface area contributed by atoms with Crippen molar-refractivity contribution >= 4 is 17.6 Å². The highest BCUT2D eigenvalue weighted by molar-refractivity contribution is 6.08. The van der Waals surface area contributed by atoms with Gasteiger partial charge in [-0.05, 0) is 36.4 Å². The van der Waals surface area contributed by atoms with Gasteiger partial charge in [-0.1, -0.05) is 6.07 Å². The molecule has 0 spiro atoms. The third-order valence-corrected chi connectivity index (χ3v) is 2.74. The minimum atomic E-state index is -1.25. The molecule has 0 radical (unpaired) electrons. The van der Waals surface area contributed by atoms with Gasteiger partial charge in [-0.2, -0.15) is 5.26 Å². The molecule has 2 aromatic rings. The summed E-state index contributed by atoms with van der Waals surface area (Å²) < 4.78 is 0. The van der Waals surface area contributed by atoms with Crippen LogP contribution >= 0.6 is 0 Å². The molecule has 0 saturated carbocycles. The molecule has 21 heavy (non-hydrogen) atoms. The van der Waals surface area contributed by atoms with Crippen molar-refractivity contribution in [2.75, 3.05) is 5.32 Å². The molecule has 0 saturated heterocycles. The van der Waals surface area contributed by atoms with Crippen LogP contribution in [-0.4, -0.2) is 22.1 Å². The Morgan fingerprint density at radius 1 is 1.14 bits per heavy atom. The molecule has 0 aromatic heterocycles. The molecule has 3 N–H and O–H groups in total. The maximum atomic E-state index is 12.0. The summed E-state index contributed by atoms with van der Waals surface area (Å²) in [7, 11) is 0. The first-order valence-corrected chi connectivity index (χ1v) is 5.89. The van der Waals surface area contributed by atoms with E-state index in [0.717, 1.165) is 0 Å². The summed E-state index contributed by atoms with van der Waals surface area (Å²) >= 11 is 0. The number of carbonyl (C=O) groups is 2. The van der Waals surface area contributed by atoms with E-state index in [-0.39, 0.29) is 28.1 Å². The van der Waals surface area contributed by atoms with E-state index in [9.17, 15) is 14.7 Å². The van der Waals surface area contributed by atoms with Crippen LogP contribution < -0.4 is 5.32 Å². The van der Waals surface area contributed by atoms with Crippen LogP contribution in [0.4, 0.5) is 5.69 Å². The second-order valence-corrected chi connectivity index (χ2v) is 4.18. The number of nitriles is 1. The van der Waals surface area contributed by atoms with Crippen LogP contribution in [0.2, 0.25) is 0 Å². The molecule has 0 aliphatic heterocycles. The molecule has 0 aliphatic rings. The number of benzene rings is 2. The average molecular weight is 282 g/mol. The van der Waals surface area contributed by atoms with Crippen LogP contribution in [0.5, 0.6) is 5.75 Å². The first kappa shape index (κ1) is 14.1. The summed E-state index contributed by atoms with van der Waals surface area (Å²) in [6.07, 6.45) is 0. The smallest absolute Gasteiger partial charge is 0.337 e. The van der Waals surface area contributed by atoms with E-state index in [4.69, 9.17) is 10.4 Å². The predicted molar refractivity (Wildman–Crippen MR) is 74.2 cm³/mol. The van der Waals surface area contributed by atoms with Gasteiger partial charge in [-0.15, -0.1) is 0 Å². The summed E-state index contributed by atoms with van der Waals surface area (Å²) in [5.74, 6) is -1.88. The van der Waals surface area contributed by atoms with Gasteiger partial charge in [-0.3, -0.25) is 4.79 Å². The number of hydrogen-bond donors (Lipinski definition) is 3. The van der Waals surface area contributed by atoms with Crippen molar-refractivity contribution in [3.63, 3.8) is 0 Å². The molecule has 0 bridgehead atoms. The van der Waals surface area contributed by atoms with Crippen LogP contribution in [0.15, 0.2) is 42.5 Å². The van der Waals surface area contributed by atoms with Gasteiger partial charge in [0.2, 0.25) is 0 Å². The Morgan fingerprint density at radius 2 is 1.90 bits per heavy atom. The number of aromatic hydroxyl groups is 1. The van der Waals surface area contributed by atoms with E-state index >= 15 is 0 Å². The lowest BCUT2D eigenvalue weighted by Gasteiger charge is -2.09. The number of carboxylic acids is 1. The van der Waals surface area contributed by atoms with Crippen molar-refractivity contribution in [1.29, 1.82) is 5.26 Å². The molecule has 1 amide bonds. The predicted octanol–water partition coefficient (Wildman–Crippen LogP) is 2.21. The Bertz CT molecular complexity index is 763. The van der Waals surface area contributed by atoms with Crippen LogP contribution in [-0.2, 0) is 0 Å². The largest absolute Gasteiger partial charge is 0.508 e. The number of phenols is 1. The molecule has 104 valence electrons. The minimum absolute atomic E-state index is 0.0686. The number of phenolic OH excluding ortho intramolecular Hbond substituents is 1. The fourth-order valence-corrected chi connectivity index (χ4v) is 1.74. The normalized spacial score (nSPS) is 9.67. The van der Waals surface area contributed by atoms with E-state index in [2.05, 4.69) is 5.32 Å². The van der Waals surface area contributed by atoms with Gasteiger partial charge in [0.15, 0.2) is 0 Å². The van der Waals surface area contributed by atoms with E-state index in [1.165, 1.54) is 42.5 Å². The van der Waals surface area contributed by atoms with Crippen molar-refractivity contribution in [2.24, 2.45) is 0 Å². The lowest BCUT2D eigenvalue weighted by Crippen LogP contribution is -2.14. The summed E-state index contributed by atoms with van der Waals surface area (Å²) in [4.78, 5) is 23.2. The topological polar surface area (TPSA) is 110 Å². The summed E-state index contributed by atoms with van der Waals surface area (Å²) in [5, 5.41) is 29.7. The van der Waals surface area contributed by atoms with Crippen LogP contribution in [0.1, 0.15) is 26.3 Å². The fourth-order valence-electron chi connectivity index (χ4n) is 1.74. The van der Waals surface area contributed by atoms with Crippen molar-refractivity contribution in [1.82, 2.24) is 0 Å². The maximum Gasteiger partial charge on any atom is 0.337 e. The molecular formula is C15H10N2O4. The lowest BCUT2D eigenvalue weighted by atomic mass is 10.1. The first-order chi connectivity index (χ1) is 10.0. The molecule has 2 aromatic carbocycles. The third-order valence-electron chi connectivity index (χ3n) is 2.74. The molecule has 0 fully saturated rings. The average Bonchev–Trinajstić information content (AvgIpc) is 2.47. The van der Waals surface area contributed by atoms with Crippen molar-refractivity contribution in [3.8, 4) is 11.8 Å². The number of amides is 1. The Hall–Kier alpha value is -3.33. The molecule has 6 heteroatoms. The van der Waals surface area contributed by atoms with Gasteiger partial charge in [-0.25, -0.2) is 4.79 Å². The fraction of sp³-hybridized carbons (Fsp3) is 0. The summed E-state index contributed by atoms with van der Waals surface area (Å²) in [6, 6.07) is 11.4. The highest BCUT2D eigenvalue weighted by Crippen LogP contribution is 2.19. The SMILES string of the molecule is N#Cc1ccc(NC(=O)c2cccc(O)c2)c(C(=O)O)c1. The Labute approximate surface area is 119 Å². The van der Waals surface area contributed by atoms with Crippen molar-refractivity contribution in [2.45, 2.75) is 0 Å². The molecule has 0 unspecified atom stereocenters. The summed E-state index contributed by atoms with van der Waals surface area (Å²) in [5.41, 5.74) is 0.274. The monoisotopic (exact) mass is 282 g/mol. The zero-order chi connectivity index (χ0) is 15.4. The number of nitrogens with one attached hydrogen (secondary N) is 1. The molecule has 6 nitrogen and oxygen atoms in total. The number of hydrogen-bond acceptors (Lipinski definition) is 4. The quantitative estimate of drug-likeness (QED) is 0.799. The lowest BCUT2D eigenvalue weighted by molar-refractivity contribution is 0.0698. The number of nitrogens with zero attached hydrogens (tertiary/aromatic N) is 1. The number of carboxylic acid groups (broad SMARTS) is 1. The molecular weight excluding hydrogens is 272 g/mol. The molecule has 0 heterocycles. The Morgan fingerprint density at radius 3 is 2.52 bits per heavy atom. The minimum Gasteiger partial charge on any atom is -0.508 e. The van der Waals surface area contributed by atoms with Crippen LogP contribution in [0.3, 0.4) is 0 Å². The van der Waals surface area contributed by atoms with E-state index in [0.29, 0.717) is 0 Å². The van der Waals surface area contributed by atoms with Gasteiger partial charge in [0, 0.05) is 5.56 Å². The first-order valence-electron chi connectivity index (χ1n) is 5.89. The van der Waals surface area contributed by atoms with Gasteiger partial charge in [0.05, 0.1) is 22.9 Å². The standard InChI is InChI=1S/C15H10N2O4/c16-8-9-4-5-13(12(6-9)15(20)21)17-14(19)10-2-1-3-11(18)7-10/h1-7,18H,(H,17,19)(H,20,21). The maximum absolute atomic E-state index is 12.0. The highest BCUT2D eigenvalue weighted by Gasteiger charge is 2.14.